The largest absolute Gasteiger partial charge is 0.393 e. The maximum Gasteiger partial charge on any atom is 0.393 e. The molecule has 0 aromatic carbocycles. The summed E-state index contributed by atoms with van der Waals surface area (Å²) in [5.41, 5.74) is 0.0489. The molecule has 0 aliphatic carbocycles. The van der Waals surface area contributed by atoms with Crippen molar-refractivity contribution in [2.75, 3.05) is 13.1 Å². The number of hydrogen-bond acceptors (Lipinski definition) is 3. The van der Waals surface area contributed by atoms with Crippen LogP contribution in [0.4, 0.5) is 13.2 Å². The van der Waals surface area contributed by atoms with Gasteiger partial charge in [-0.25, -0.2) is 0 Å². The zero-order valence-electron chi connectivity index (χ0n) is 8.87. The Morgan fingerprint density at radius 1 is 1.53 bits per heavy atom. The van der Waals surface area contributed by atoms with Gasteiger partial charge < -0.3 is 4.90 Å². The summed E-state index contributed by atoms with van der Waals surface area (Å²) in [7, 11) is 0. The fraction of sp³-hybridized carbons (Fsp3) is 0.667. The summed E-state index contributed by atoms with van der Waals surface area (Å²) < 4.78 is 37.6. The summed E-state index contributed by atoms with van der Waals surface area (Å²) in [5.74, 6) is -1.94. The average molecular weight is 248 g/mol. The Morgan fingerprint density at radius 3 is 2.88 bits per heavy atom. The Bertz CT molecular complexity index is 389. The van der Waals surface area contributed by atoms with Gasteiger partial charge in [-0.3, -0.25) is 4.79 Å². The number of nitrogens with one attached hydrogen (secondary N) is 1. The number of piperidine rings is 1. The van der Waals surface area contributed by atoms with Gasteiger partial charge in [0, 0.05) is 13.1 Å². The summed E-state index contributed by atoms with van der Waals surface area (Å²) in [6.45, 7) is 0.0352. The smallest absolute Gasteiger partial charge is 0.337 e. The molecule has 0 bridgehead atoms. The van der Waals surface area contributed by atoms with Crippen LogP contribution in [0.25, 0.3) is 0 Å². The van der Waals surface area contributed by atoms with Crippen molar-refractivity contribution in [1.82, 2.24) is 20.3 Å². The normalized spacial score (nSPS) is 21.6. The molecule has 1 N–H and O–H groups in total. The quantitative estimate of drug-likeness (QED) is 0.812. The molecule has 2 rings (SSSR count). The van der Waals surface area contributed by atoms with Gasteiger partial charge in [0.15, 0.2) is 5.69 Å². The summed E-state index contributed by atoms with van der Waals surface area (Å²) >= 11 is 0. The molecule has 1 saturated heterocycles. The molecule has 0 spiro atoms. The minimum atomic E-state index is -4.25. The zero-order chi connectivity index (χ0) is 12.5. The molecule has 1 aromatic rings. The van der Waals surface area contributed by atoms with Crippen molar-refractivity contribution >= 4 is 5.91 Å². The van der Waals surface area contributed by atoms with Gasteiger partial charge in [0.05, 0.1) is 12.1 Å². The average Bonchev–Trinajstić information content (AvgIpc) is 2.80. The number of H-pyrrole nitrogens is 1. The van der Waals surface area contributed by atoms with Gasteiger partial charge in [-0.2, -0.15) is 28.6 Å². The number of rotatable bonds is 1. The number of aromatic nitrogens is 3. The predicted octanol–water partition coefficient (Wildman–Crippen LogP) is 1.22. The lowest BCUT2D eigenvalue weighted by molar-refractivity contribution is -0.184. The van der Waals surface area contributed by atoms with E-state index in [-0.39, 0.29) is 18.7 Å². The maximum atomic E-state index is 12.5. The molecule has 1 aliphatic rings. The van der Waals surface area contributed by atoms with E-state index in [9.17, 15) is 18.0 Å². The molecule has 1 aromatic heterocycles. The molecule has 94 valence electrons. The van der Waals surface area contributed by atoms with Crippen molar-refractivity contribution in [3.05, 3.63) is 11.9 Å². The maximum absolute atomic E-state index is 12.5. The number of likely N-dealkylation sites (tertiary alicyclic amines) is 1. The van der Waals surface area contributed by atoms with Crippen molar-refractivity contribution in [2.45, 2.75) is 19.0 Å². The van der Waals surface area contributed by atoms with E-state index in [2.05, 4.69) is 15.4 Å². The molecule has 1 amide bonds. The number of carbonyl (C=O) groups excluding carboxylic acids is 1. The first-order valence-electron chi connectivity index (χ1n) is 5.20. The fourth-order valence-electron chi connectivity index (χ4n) is 1.90. The van der Waals surface area contributed by atoms with Crippen molar-refractivity contribution in [2.24, 2.45) is 5.92 Å². The third-order valence-electron chi connectivity index (χ3n) is 2.81. The van der Waals surface area contributed by atoms with Crippen LogP contribution in [0, 0.1) is 5.92 Å². The SMILES string of the molecule is O=C(c1cn[nH]n1)N1CCC[C@H](C(F)(F)F)C1. The van der Waals surface area contributed by atoms with Crippen molar-refractivity contribution in [3.8, 4) is 0 Å². The van der Waals surface area contributed by atoms with E-state index in [0.29, 0.717) is 13.0 Å². The van der Waals surface area contributed by atoms with Crippen molar-refractivity contribution in [1.29, 1.82) is 0 Å². The first-order valence-corrected chi connectivity index (χ1v) is 5.20. The van der Waals surface area contributed by atoms with Gasteiger partial charge in [0.1, 0.15) is 0 Å². The summed E-state index contributed by atoms with van der Waals surface area (Å²) in [4.78, 5) is 12.9. The molecule has 17 heavy (non-hydrogen) atoms. The summed E-state index contributed by atoms with van der Waals surface area (Å²) in [5, 5.41) is 9.29. The van der Waals surface area contributed by atoms with Crippen molar-refractivity contribution in [3.63, 3.8) is 0 Å². The van der Waals surface area contributed by atoms with Crippen LogP contribution in [-0.2, 0) is 0 Å². The van der Waals surface area contributed by atoms with Crippen LogP contribution in [-0.4, -0.2) is 45.5 Å². The fourth-order valence-corrected chi connectivity index (χ4v) is 1.90. The summed E-state index contributed by atoms with van der Waals surface area (Å²) in [6, 6.07) is 0. The number of aromatic amines is 1. The van der Waals surface area contributed by atoms with E-state index in [1.165, 1.54) is 11.1 Å². The van der Waals surface area contributed by atoms with Gasteiger partial charge in [-0.1, -0.05) is 0 Å². The van der Waals surface area contributed by atoms with E-state index < -0.39 is 18.0 Å². The van der Waals surface area contributed by atoms with Gasteiger partial charge in [0.2, 0.25) is 0 Å². The lowest BCUT2D eigenvalue weighted by atomic mass is 9.97. The van der Waals surface area contributed by atoms with E-state index in [1.807, 2.05) is 0 Å². The minimum Gasteiger partial charge on any atom is -0.337 e. The minimum absolute atomic E-state index is 0.0489. The molecule has 0 radical (unpaired) electrons. The monoisotopic (exact) mass is 248 g/mol. The molecule has 1 fully saturated rings. The highest BCUT2D eigenvalue weighted by Gasteiger charge is 2.42. The molecule has 8 heteroatoms. The second-order valence-corrected chi connectivity index (χ2v) is 3.99. The second kappa shape index (κ2) is 4.34. The van der Waals surface area contributed by atoms with Gasteiger partial charge >= 0.3 is 6.18 Å². The lowest BCUT2D eigenvalue weighted by Gasteiger charge is -2.33. The first kappa shape index (κ1) is 11.9. The third kappa shape index (κ3) is 2.56. The van der Waals surface area contributed by atoms with E-state index >= 15 is 0 Å². The second-order valence-electron chi connectivity index (χ2n) is 3.99. The number of halogens is 3. The standard InChI is InChI=1S/C9H11F3N4O/c10-9(11,12)6-2-1-3-16(5-6)8(17)7-4-13-15-14-7/h4,6H,1-3,5H2,(H,13,14,15)/t6-/m0/s1. The first-order chi connectivity index (χ1) is 7.98. The predicted molar refractivity (Wildman–Crippen MR) is 51.1 cm³/mol. The molecule has 1 aliphatic heterocycles. The highest BCUT2D eigenvalue weighted by Crippen LogP contribution is 2.33. The summed E-state index contributed by atoms with van der Waals surface area (Å²) in [6.07, 6.45) is -2.61. The Labute approximate surface area is 95.0 Å². The Hall–Kier alpha value is -1.60. The van der Waals surface area contributed by atoms with Crippen LogP contribution in [0.1, 0.15) is 23.3 Å². The number of amides is 1. The topological polar surface area (TPSA) is 61.9 Å². The highest BCUT2D eigenvalue weighted by molar-refractivity contribution is 5.91. The van der Waals surface area contributed by atoms with Crippen LogP contribution < -0.4 is 0 Å². The van der Waals surface area contributed by atoms with E-state index in [1.54, 1.807) is 0 Å². The molecular formula is C9H11F3N4O. The Morgan fingerprint density at radius 2 is 2.29 bits per heavy atom. The van der Waals surface area contributed by atoms with Gasteiger partial charge in [-0.05, 0) is 12.8 Å². The molecule has 2 heterocycles. The number of alkyl halides is 3. The van der Waals surface area contributed by atoms with Crippen LogP contribution >= 0.6 is 0 Å². The molecule has 0 saturated carbocycles. The van der Waals surface area contributed by atoms with Gasteiger partial charge in [-0.15, -0.1) is 0 Å². The van der Waals surface area contributed by atoms with Crippen LogP contribution in [0.15, 0.2) is 6.20 Å². The zero-order valence-corrected chi connectivity index (χ0v) is 8.87. The van der Waals surface area contributed by atoms with Crippen molar-refractivity contribution < 1.29 is 18.0 Å². The van der Waals surface area contributed by atoms with Crippen LogP contribution in [0.5, 0.6) is 0 Å². The van der Waals surface area contributed by atoms with Crippen LogP contribution in [0.2, 0.25) is 0 Å². The number of carbonyl (C=O) groups is 1. The highest BCUT2D eigenvalue weighted by atomic mass is 19.4. The molecule has 1 atom stereocenters. The van der Waals surface area contributed by atoms with Crippen LogP contribution in [0.3, 0.4) is 0 Å². The molecule has 5 nitrogen and oxygen atoms in total. The third-order valence-corrected chi connectivity index (χ3v) is 2.81. The number of nitrogens with zero attached hydrogens (tertiary/aromatic N) is 3. The lowest BCUT2D eigenvalue weighted by Crippen LogP contribution is -2.44. The van der Waals surface area contributed by atoms with E-state index in [0.717, 1.165) is 0 Å². The Balaban J connectivity index is 2.05. The molecule has 0 unspecified atom stereocenters. The Kier molecular flexibility index (Phi) is 3.03. The number of hydrogen-bond donors (Lipinski definition) is 1. The van der Waals surface area contributed by atoms with E-state index in [4.69, 9.17) is 0 Å². The van der Waals surface area contributed by atoms with Gasteiger partial charge in [0.25, 0.3) is 5.91 Å². The molecular weight excluding hydrogens is 237 g/mol.